The highest BCUT2D eigenvalue weighted by Gasteiger charge is 2.67. The molecule has 1 spiro atoms. The fourth-order valence-corrected chi connectivity index (χ4v) is 8.53. The van der Waals surface area contributed by atoms with Gasteiger partial charge >= 0.3 is 0 Å². The van der Waals surface area contributed by atoms with Crippen molar-refractivity contribution in [2.45, 2.75) is 67.5 Å². The number of hydrogen-bond acceptors (Lipinski definition) is 4. The fraction of sp³-hybridized carbons (Fsp3) is 0.700. The Kier molecular flexibility index (Phi) is 3.18. The molecule has 5 nitrogen and oxygen atoms in total. The Bertz CT molecular complexity index is 930. The lowest BCUT2D eigenvalue weighted by atomic mass is 9.52. The van der Waals surface area contributed by atoms with Crippen molar-refractivity contribution in [2.24, 2.45) is 5.92 Å². The number of ether oxygens (including phenoxy) is 2. The van der Waals surface area contributed by atoms with Crippen molar-refractivity contribution in [1.29, 1.82) is 0 Å². The van der Waals surface area contributed by atoms with E-state index in [1.165, 1.54) is 0 Å². The van der Waals surface area contributed by atoms with Crippen molar-refractivity contribution < 1.29 is 22.3 Å². The normalized spacial score (nSPS) is 39.6. The molecule has 146 valence electrons. The van der Waals surface area contributed by atoms with Gasteiger partial charge in [0.1, 0.15) is 12.3 Å². The van der Waals surface area contributed by atoms with Gasteiger partial charge in [-0.2, -0.15) is 4.31 Å². The summed E-state index contributed by atoms with van der Waals surface area (Å²) >= 11 is 0. The second kappa shape index (κ2) is 5.17. The lowest BCUT2D eigenvalue weighted by Gasteiger charge is -2.58. The van der Waals surface area contributed by atoms with Crippen LogP contribution >= 0.6 is 0 Å². The highest BCUT2D eigenvalue weighted by molar-refractivity contribution is 7.90. The van der Waals surface area contributed by atoms with Gasteiger partial charge in [-0.25, -0.2) is 12.8 Å². The summed E-state index contributed by atoms with van der Waals surface area (Å²) in [5, 5.41) is -0.201. The van der Waals surface area contributed by atoms with E-state index in [9.17, 15) is 8.42 Å². The molecule has 2 saturated carbocycles. The fourth-order valence-electron chi connectivity index (χ4n) is 6.47. The summed E-state index contributed by atoms with van der Waals surface area (Å²) < 4.78 is 54.7. The zero-order valence-corrected chi connectivity index (χ0v) is 16.2. The van der Waals surface area contributed by atoms with Crippen LogP contribution in [0, 0.1) is 5.92 Å². The van der Waals surface area contributed by atoms with E-state index in [-0.39, 0.29) is 17.2 Å². The standard InChI is InChI=1S/C20H24FNO4S/c1-25-16-7-2-11-10-15-13-5-6-14(21)19-20(13,17(11)18(16)26-19)8-9-22(15)27(23,24)12-3-4-12/h2,7,12-15,19H,3-6,8-10H2,1H3/t13?,14?,15-,19+,20?/m0/s1. The van der Waals surface area contributed by atoms with Crippen LogP contribution < -0.4 is 9.47 Å². The number of nitrogens with zero attached hydrogens (tertiary/aromatic N) is 1. The van der Waals surface area contributed by atoms with Crippen molar-refractivity contribution in [1.82, 2.24) is 4.31 Å². The summed E-state index contributed by atoms with van der Waals surface area (Å²) in [5.41, 5.74) is 1.81. The van der Waals surface area contributed by atoms with E-state index in [1.54, 1.807) is 11.4 Å². The third kappa shape index (κ3) is 1.90. The first-order valence-corrected chi connectivity index (χ1v) is 11.5. The summed E-state index contributed by atoms with van der Waals surface area (Å²) in [6, 6.07) is 3.84. The van der Waals surface area contributed by atoms with Crippen molar-refractivity contribution in [3.63, 3.8) is 0 Å². The molecule has 1 aromatic rings. The van der Waals surface area contributed by atoms with Crippen molar-refractivity contribution in [2.75, 3.05) is 13.7 Å². The van der Waals surface area contributed by atoms with E-state index in [1.807, 2.05) is 12.1 Å². The topological polar surface area (TPSA) is 55.8 Å². The van der Waals surface area contributed by atoms with E-state index in [0.717, 1.165) is 30.4 Å². The lowest BCUT2D eigenvalue weighted by Crippen LogP contribution is -2.67. The van der Waals surface area contributed by atoms with Crippen LogP contribution in [0.4, 0.5) is 4.39 Å². The highest BCUT2D eigenvalue weighted by atomic mass is 32.2. The van der Waals surface area contributed by atoms with Gasteiger partial charge in [0.2, 0.25) is 10.0 Å². The molecule has 2 heterocycles. The minimum Gasteiger partial charge on any atom is -0.493 e. The first-order valence-electron chi connectivity index (χ1n) is 10.00. The summed E-state index contributed by atoms with van der Waals surface area (Å²) in [4.78, 5) is 0. The summed E-state index contributed by atoms with van der Waals surface area (Å²) in [5.74, 6) is 1.49. The van der Waals surface area contributed by atoms with E-state index >= 15 is 4.39 Å². The third-order valence-electron chi connectivity index (χ3n) is 7.67. The molecule has 3 aliphatic carbocycles. The molecular weight excluding hydrogens is 369 g/mol. The molecule has 5 atom stereocenters. The molecule has 5 aliphatic rings. The zero-order chi connectivity index (χ0) is 18.6. The second-order valence-electron chi connectivity index (χ2n) is 8.79. The van der Waals surface area contributed by atoms with Crippen molar-refractivity contribution in [3.05, 3.63) is 23.3 Å². The highest BCUT2D eigenvalue weighted by Crippen LogP contribution is 2.64. The Morgan fingerprint density at radius 2 is 2.07 bits per heavy atom. The number of sulfonamides is 1. The molecule has 7 heteroatoms. The number of alkyl halides is 1. The Labute approximate surface area is 158 Å². The van der Waals surface area contributed by atoms with Crippen molar-refractivity contribution in [3.8, 4) is 11.5 Å². The molecule has 2 bridgehead atoms. The Morgan fingerprint density at radius 1 is 1.26 bits per heavy atom. The van der Waals surface area contributed by atoms with Gasteiger partial charge in [0.15, 0.2) is 11.5 Å². The van der Waals surface area contributed by atoms with E-state index in [2.05, 4.69) is 0 Å². The predicted octanol–water partition coefficient (Wildman–Crippen LogP) is 2.56. The average Bonchev–Trinajstić information content (AvgIpc) is 3.44. The molecule has 27 heavy (non-hydrogen) atoms. The summed E-state index contributed by atoms with van der Waals surface area (Å²) in [6.07, 6.45) is 2.51. The van der Waals surface area contributed by atoms with E-state index < -0.39 is 27.7 Å². The first-order chi connectivity index (χ1) is 13.0. The molecule has 0 aromatic heterocycles. The Hall–Kier alpha value is -1.34. The largest absolute Gasteiger partial charge is 0.493 e. The van der Waals surface area contributed by atoms with Gasteiger partial charge < -0.3 is 9.47 Å². The monoisotopic (exact) mass is 393 g/mol. The van der Waals surface area contributed by atoms with Crippen LogP contribution in [0.15, 0.2) is 12.1 Å². The van der Waals surface area contributed by atoms with Crippen LogP contribution in [0.1, 0.15) is 43.2 Å². The summed E-state index contributed by atoms with van der Waals surface area (Å²) in [6.45, 7) is 0.475. The van der Waals surface area contributed by atoms with E-state index in [0.29, 0.717) is 37.3 Å². The van der Waals surface area contributed by atoms with Gasteiger partial charge in [0, 0.05) is 23.6 Å². The van der Waals surface area contributed by atoms with Crippen LogP contribution in [0.25, 0.3) is 0 Å². The number of rotatable bonds is 3. The van der Waals surface area contributed by atoms with Gasteiger partial charge in [0.05, 0.1) is 12.4 Å². The van der Waals surface area contributed by atoms with Crippen LogP contribution in [0.3, 0.4) is 0 Å². The lowest BCUT2D eigenvalue weighted by molar-refractivity contribution is -0.0637. The van der Waals surface area contributed by atoms with Gasteiger partial charge in [-0.15, -0.1) is 0 Å². The molecule has 6 rings (SSSR count). The molecule has 2 aliphatic heterocycles. The first kappa shape index (κ1) is 16.6. The average molecular weight is 393 g/mol. The molecule has 0 amide bonds. The van der Waals surface area contributed by atoms with Gasteiger partial charge in [-0.3, -0.25) is 0 Å². The minimum atomic E-state index is -3.25. The van der Waals surface area contributed by atoms with Crippen LogP contribution in [-0.2, 0) is 21.9 Å². The maximum Gasteiger partial charge on any atom is 0.217 e. The maximum absolute atomic E-state index is 15.0. The number of benzene rings is 1. The third-order valence-corrected chi connectivity index (χ3v) is 10.1. The number of hydrogen-bond donors (Lipinski definition) is 0. The van der Waals surface area contributed by atoms with Crippen LogP contribution in [-0.4, -0.2) is 49.9 Å². The molecule has 0 radical (unpaired) electrons. The van der Waals surface area contributed by atoms with Gasteiger partial charge in [-0.1, -0.05) is 6.07 Å². The van der Waals surface area contributed by atoms with Gasteiger partial charge in [0.25, 0.3) is 0 Å². The molecule has 1 saturated heterocycles. The second-order valence-corrected chi connectivity index (χ2v) is 11.0. The zero-order valence-electron chi connectivity index (χ0n) is 15.4. The van der Waals surface area contributed by atoms with Crippen LogP contribution in [0.5, 0.6) is 11.5 Å². The molecule has 3 fully saturated rings. The number of piperidine rings is 1. The Balaban J connectivity index is 1.55. The number of methoxy groups -OCH3 is 1. The number of halogens is 1. The molecule has 0 N–H and O–H groups in total. The maximum atomic E-state index is 15.0. The SMILES string of the molecule is COc1ccc2c3c1O[C@@H]1C(F)CCC4[C@H](C2)N(S(=O)(=O)C2CC2)CCC341. The molecule has 1 aromatic carbocycles. The van der Waals surface area contributed by atoms with Crippen molar-refractivity contribution >= 4 is 10.0 Å². The molecular formula is C20H24FNO4S. The Morgan fingerprint density at radius 3 is 2.81 bits per heavy atom. The predicted molar refractivity (Wildman–Crippen MR) is 97.5 cm³/mol. The smallest absolute Gasteiger partial charge is 0.217 e. The minimum absolute atomic E-state index is 0.0743. The quantitative estimate of drug-likeness (QED) is 0.792. The summed E-state index contributed by atoms with van der Waals surface area (Å²) in [7, 11) is -1.64. The van der Waals surface area contributed by atoms with Crippen LogP contribution in [0.2, 0.25) is 0 Å². The van der Waals surface area contributed by atoms with E-state index in [4.69, 9.17) is 9.47 Å². The van der Waals surface area contributed by atoms with Gasteiger partial charge in [-0.05, 0) is 56.1 Å². The molecule has 3 unspecified atom stereocenters.